The number of aromatic nitrogens is 2. The minimum Gasteiger partial charge on any atom is -0.384 e. The van der Waals surface area contributed by atoms with Crippen molar-refractivity contribution in [3.05, 3.63) is 40.0 Å². The van der Waals surface area contributed by atoms with Crippen molar-refractivity contribution in [3.63, 3.8) is 0 Å². The largest absolute Gasteiger partial charge is 0.384 e. The van der Waals surface area contributed by atoms with E-state index < -0.39 is 0 Å². The first-order valence-corrected chi connectivity index (χ1v) is 8.47. The number of nitrogens with two attached hydrogens (primary N) is 1. The topological polar surface area (TPSA) is 72.9 Å². The molecule has 0 spiro atoms. The summed E-state index contributed by atoms with van der Waals surface area (Å²) in [4.78, 5) is 13.1. The Balaban J connectivity index is 1.74. The van der Waals surface area contributed by atoms with E-state index in [9.17, 15) is 4.79 Å². The lowest BCUT2D eigenvalue weighted by Crippen LogP contribution is -2.28. The molecule has 1 aromatic heterocycles. The van der Waals surface area contributed by atoms with Gasteiger partial charge in [0.15, 0.2) is 0 Å². The number of benzene rings is 1. The molecule has 1 aliphatic heterocycles. The van der Waals surface area contributed by atoms with Crippen LogP contribution in [0.3, 0.4) is 0 Å². The van der Waals surface area contributed by atoms with Crippen LogP contribution in [0.25, 0.3) is 0 Å². The average Bonchev–Trinajstić information content (AvgIpc) is 2.92. The summed E-state index contributed by atoms with van der Waals surface area (Å²) < 4.78 is 1.43. The quantitative estimate of drug-likeness (QED) is 0.842. The number of carbonyl (C=O) groups excluding carboxylic acids is 1. The van der Waals surface area contributed by atoms with Crippen LogP contribution in [0.4, 0.5) is 11.5 Å². The first-order valence-electron chi connectivity index (χ1n) is 8.09. The number of anilines is 2. The molecule has 0 bridgehead atoms. The number of nitrogens with zero attached hydrogens (tertiary/aromatic N) is 2. The lowest BCUT2D eigenvalue weighted by Gasteiger charge is -2.26. The van der Waals surface area contributed by atoms with Crippen molar-refractivity contribution < 1.29 is 4.79 Å². The SMILES string of the molecule is Nc1c2c(nn1C(=O)C1CCNc3c(Cl)cccc31)CCCC2. The number of para-hydroxylation sites is 1. The molecule has 4 rings (SSSR count). The maximum atomic E-state index is 13.1. The number of halogens is 1. The van der Waals surface area contributed by atoms with E-state index in [1.54, 1.807) is 0 Å². The van der Waals surface area contributed by atoms with Gasteiger partial charge in [0.2, 0.25) is 0 Å². The smallest absolute Gasteiger partial charge is 0.256 e. The molecule has 23 heavy (non-hydrogen) atoms. The van der Waals surface area contributed by atoms with Crippen LogP contribution in [-0.2, 0) is 12.8 Å². The predicted molar refractivity (Wildman–Crippen MR) is 91.2 cm³/mol. The van der Waals surface area contributed by atoms with E-state index in [1.807, 2.05) is 18.2 Å². The second-order valence-corrected chi connectivity index (χ2v) is 6.65. The van der Waals surface area contributed by atoms with Crippen LogP contribution in [-0.4, -0.2) is 22.2 Å². The molecule has 0 fully saturated rings. The minimum atomic E-state index is -0.256. The molecule has 3 N–H and O–H groups in total. The Morgan fingerprint density at radius 1 is 1.35 bits per heavy atom. The molecule has 1 aliphatic carbocycles. The van der Waals surface area contributed by atoms with E-state index in [-0.39, 0.29) is 11.8 Å². The third-order valence-electron chi connectivity index (χ3n) is 4.86. The summed E-state index contributed by atoms with van der Waals surface area (Å²) in [5.41, 5.74) is 10.1. The van der Waals surface area contributed by atoms with E-state index in [2.05, 4.69) is 10.4 Å². The van der Waals surface area contributed by atoms with Crippen LogP contribution in [0.2, 0.25) is 5.02 Å². The van der Waals surface area contributed by atoms with Gasteiger partial charge < -0.3 is 11.1 Å². The molecule has 120 valence electrons. The van der Waals surface area contributed by atoms with Gasteiger partial charge in [0, 0.05) is 12.1 Å². The fraction of sp³-hybridized carbons (Fsp3) is 0.412. The highest BCUT2D eigenvalue weighted by Crippen LogP contribution is 2.38. The third-order valence-corrected chi connectivity index (χ3v) is 5.17. The van der Waals surface area contributed by atoms with Gasteiger partial charge in [-0.15, -0.1) is 0 Å². The number of hydrogen-bond acceptors (Lipinski definition) is 4. The molecule has 2 aliphatic rings. The Hall–Kier alpha value is -2.01. The van der Waals surface area contributed by atoms with Crippen molar-refractivity contribution in [2.45, 2.75) is 38.0 Å². The number of aryl methyl sites for hydroxylation is 1. The normalized spacial score (nSPS) is 19.6. The van der Waals surface area contributed by atoms with Gasteiger partial charge >= 0.3 is 0 Å². The summed E-state index contributed by atoms with van der Waals surface area (Å²) in [7, 11) is 0. The monoisotopic (exact) mass is 330 g/mol. The van der Waals surface area contributed by atoms with Gasteiger partial charge in [0.1, 0.15) is 5.82 Å². The number of carbonyl (C=O) groups is 1. The van der Waals surface area contributed by atoms with Gasteiger partial charge in [-0.25, -0.2) is 0 Å². The summed E-state index contributed by atoms with van der Waals surface area (Å²) in [6.07, 6.45) is 4.78. The maximum Gasteiger partial charge on any atom is 0.256 e. The first kappa shape index (κ1) is 14.6. The van der Waals surface area contributed by atoms with E-state index in [4.69, 9.17) is 17.3 Å². The van der Waals surface area contributed by atoms with Crippen LogP contribution in [0.1, 0.15) is 46.8 Å². The van der Waals surface area contributed by atoms with Crippen molar-refractivity contribution in [2.24, 2.45) is 0 Å². The van der Waals surface area contributed by atoms with Gasteiger partial charge in [-0.1, -0.05) is 23.7 Å². The molecule has 6 heteroatoms. The molecular formula is C17H19ClN4O. The van der Waals surface area contributed by atoms with Crippen molar-refractivity contribution in [2.75, 3.05) is 17.6 Å². The van der Waals surface area contributed by atoms with Gasteiger partial charge in [-0.3, -0.25) is 4.79 Å². The molecule has 1 aromatic carbocycles. The zero-order valence-electron chi connectivity index (χ0n) is 12.8. The van der Waals surface area contributed by atoms with Gasteiger partial charge in [0.05, 0.1) is 22.3 Å². The number of fused-ring (bicyclic) bond motifs is 2. The summed E-state index contributed by atoms with van der Waals surface area (Å²) in [5.74, 6) is 0.210. The van der Waals surface area contributed by atoms with Crippen molar-refractivity contribution in [1.29, 1.82) is 0 Å². The van der Waals surface area contributed by atoms with E-state index in [0.717, 1.165) is 54.6 Å². The Morgan fingerprint density at radius 2 is 2.17 bits per heavy atom. The molecule has 0 radical (unpaired) electrons. The second kappa shape index (κ2) is 5.57. The highest BCUT2D eigenvalue weighted by molar-refractivity contribution is 6.33. The summed E-state index contributed by atoms with van der Waals surface area (Å²) in [5, 5.41) is 8.44. The Labute approximate surface area is 139 Å². The Kier molecular flexibility index (Phi) is 3.53. The van der Waals surface area contributed by atoms with Crippen molar-refractivity contribution in [1.82, 2.24) is 9.78 Å². The fourth-order valence-electron chi connectivity index (χ4n) is 3.66. The first-order chi connectivity index (χ1) is 11.2. The zero-order chi connectivity index (χ0) is 16.0. The van der Waals surface area contributed by atoms with Crippen LogP contribution >= 0.6 is 11.6 Å². The lowest BCUT2D eigenvalue weighted by atomic mass is 9.90. The van der Waals surface area contributed by atoms with Crippen molar-refractivity contribution in [3.8, 4) is 0 Å². The third kappa shape index (κ3) is 2.30. The molecule has 2 aromatic rings. The average molecular weight is 331 g/mol. The minimum absolute atomic E-state index is 0.0538. The van der Waals surface area contributed by atoms with Crippen LogP contribution in [0, 0.1) is 0 Å². The molecular weight excluding hydrogens is 312 g/mol. The number of nitrogen functional groups attached to an aromatic ring is 1. The van der Waals surface area contributed by atoms with Crippen molar-refractivity contribution >= 4 is 29.0 Å². The van der Waals surface area contributed by atoms with Gasteiger partial charge in [-0.2, -0.15) is 9.78 Å². The number of nitrogens with one attached hydrogen (secondary N) is 1. The van der Waals surface area contributed by atoms with Gasteiger partial charge in [0.25, 0.3) is 5.91 Å². The Bertz CT molecular complexity index is 783. The van der Waals surface area contributed by atoms with E-state index in [0.29, 0.717) is 17.4 Å². The van der Waals surface area contributed by atoms with Crippen LogP contribution in [0.15, 0.2) is 18.2 Å². The fourth-order valence-corrected chi connectivity index (χ4v) is 3.91. The summed E-state index contributed by atoms with van der Waals surface area (Å²) in [6.45, 7) is 0.716. The second-order valence-electron chi connectivity index (χ2n) is 6.24. The summed E-state index contributed by atoms with van der Waals surface area (Å²) in [6, 6.07) is 5.67. The lowest BCUT2D eigenvalue weighted by molar-refractivity contribution is 0.0859. The molecule has 1 unspecified atom stereocenters. The van der Waals surface area contributed by atoms with Gasteiger partial charge in [-0.05, 0) is 43.7 Å². The molecule has 2 heterocycles. The molecule has 0 amide bonds. The molecule has 1 atom stereocenters. The number of rotatable bonds is 1. The van der Waals surface area contributed by atoms with E-state index >= 15 is 0 Å². The molecule has 0 saturated carbocycles. The molecule has 0 saturated heterocycles. The predicted octanol–water partition coefficient (Wildman–Crippen LogP) is 3.24. The standard InChI is InChI=1S/C17H19ClN4O/c18-13-6-3-5-10-11(8-9-20-15(10)13)17(23)22-16(19)12-4-1-2-7-14(12)21-22/h3,5-6,11,20H,1-2,4,7-9,19H2. The molecule has 5 nitrogen and oxygen atoms in total. The highest BCUT2D eigenvalue weighted by atomic mass is 35.5. The van der Waals surface area contributed by atoms with E-state index in [1.165, 1.54) is 4.68 Å². The Morgan fingerprint density at radius 3 is 3.00 bits per heavy atom. The van der Waals surface area contributed by atoms with Crippen LogP contribution < -0.4 is 11.1 Å². The zero-order valence-corrected chi connectivity index (χ0v) is 13.6. The highest BCUT2D eigenvalue weighted by Gasteiger charge is 2.31. The van der Waals surface area contributed by atoms with Crippen LogP contribution in [0.5, 0.6) is 0 Å². The maximum absolute atomic E-state index is 13.1. The number of hydrogen-bond donors (Lipinski definition) is 2. The summed E-state index contributed by atoms with van der Waals surface area (Å²) >= 11 is 6.25.